The van der Waals surface area contributed by atoms with E-state index in [4.69, 9.17) is 23.2 Å². The van der Waals surface area contributed by atoms with E-state index in [1.54, 1.807) is 67.6 Å². The zero-order valence-corrected chi connectivity index (χ0v) is 17.8. The first-order chi connectivity index (χ1) is 13.8. The van der Waals surface area contributed by atoms with Crippen LogP contribution < -0.4 is 9.62 Å². The summed E-state index contributed by atoms with van der Waals surface area (Å²) in [5.74, 6) is -0.494. The predicted molar refractivity (Wildman–Crippen MR) is 117 cm³/mol. The van der Waals surface area contributed by atoms with Gasteiger partial charge >= 0.3 is 0 Å². The van der Waals surface area contributed by atoms with Crippen LogP contribution in [-0.4, -0.2) is 20.9 Å². The van der Waals surface area contributed by atoms with E-state index in [1.807, 2.05) is 0 Å². The molecule has 0 bridgehead atoms. The number of rotatable bonds is 6. The van der Waals surface area contributed by atoms with Crippen molar-refractivity contribution in [3.05, 3.63) is 88.4 Å². The standard InChI is InChI=1S/C21H18Cl2N2O3S/c1-15-19(23)8-5-9-20(15)25(29(27,28)18-6-3-2-4-7-18)14-21(26)24-17-12-10-16(22)11-13-17/h2-13H,14H2,1H3,(H,24,26). The van der Waals surface area contributed by atoms with Gasteiger partial charge < -0.3 is 5.32 Å². The highest BCUT2D eigenvalue weighted by Crippen LogP contribution is 2.30. The molecule has 0 fully saturated rings. The van der Waals surface area contributed by atoms with Gasteiger partial charge in [0, 0.05) is 15.7 Å². The van der Waals surface area contributed by atoms with Crippen molar-refractivity contribution in [3.63, 3.8) is 0 Å². The van der Waals surface area contributed by atoms with Gasteiger partial charge in [0.1, 0.15) is 6.54 Å². The molecule has 0 saturated heterocycles. The lowest BCUT2D eigenvalue weighted by Gasteiger charge is -2.26. The fourth-order valence-corrected chi connectivity index (χ4v) is 4.54. The van der Waals surface area contributed by atoms with Crippen LogP contribution in [0.15, 0.2) is 77.7 Å². The van der Waals surface area contributed by atoms with Gasteiger partial charge in [-0.25, -0.2) is 8.42 Å². The van der Waals surface area contributed by atoms with Crippen molar-refractivity contribution >= 4 is 50.5 Å². The molecule has 3 rings (SSSR count). The number of nitrogens with zero attached hydrogens (tertiary/aromatic N) is 1. The minimum Gasteiger partial charge on any atom is -0.325 e. The molecule has 8 heteroatoms. The lowest BCUT2D eigenvalue weighted by molar-refractivity contribution is -0.114. The van der Waals surface area contributed by atoms with Gasteiger partial charge in [0.25, 0.3) is 10.0 Å². The van der Waals surface area contributed by atoms with Crippen molar-refractivity contribution in [3.8, 4) is 0 Å². The molecule has 0 radical (unpaired) electrons. The zero-order valence-electron chi connectivity index (χ0n) is 15.5. The number of sulfonamides is 1. The Labute approximate surface area is 179 Å². The maximum atomic E-state index is 13.3. The van der Waals surface area contributed by atoms with Crippen molar-refractivity contribution in [1.82, 2.24) is 0 Å². The second-order valence-electron chi connectivity index (χ2n) is 6.26. The number of hydrogen-bond acceptors (Lipinski definition) is 3. The molecule has 1 amide bonds. The highest BCUT2D eigenvalue weighted by Gasteiger charge is 2.28. The van der Waals surface area contributed by atoms with E-state index >= 15 is 0 Å². The molecule has 0 aliphatic heterocycles. The summed E-state index contributed by atoms with van der Waals surface area (Å²) >= 11 is 12.1. The summed E-state index contributed by atoms with van der Waals surface area (Å²) in [6, 6.07) is 19.4. The van der Waals surface area contributed by atoms with Crippen molar-refractivity contribution in [1.29, 1.82) is 0 Å². The SMILES string of the molecule is Cc1c(Cl)cccc1N(CC(=O)Nc1ccc(Cl)cc1)S(=O)(=O)c1ccccc1. The Morgan fingerprint density at radius 3 is 2.24 bits per heavy atom. The minimum absolute atomic E-state index is 0.0821. The topological polar surface area (TPSA) is 66.5 Å². The molecule has 0 aliphatic carbocycles. The number of amides is 1. The van der Waals surface area contributed by atoms with Crippen LogP contribution in [0.3, 0.4) is 0 Å². The van der Waals surface area contributed by atoms with Crippen LogP contribution >= 0.6 is 23.2 Å². The monoisotopic (exact) mass is 448 g/mol. The molecule has 0 aromatic heterocycles. The number of carbonyl (C=O) groups is 1. The smallest absolute Gasteiger partial charge is 0.264 e. The first-order valence-electron chi connectivity index (χ1n) is 8.67. The maximum Gasteiger partial charge on any atom is 0.264 e. The normalized spacial score (nSPS) is 11.1. The number of anilines is 2. The number of halogens is 2. The summed E-state index contributed by atoms with van der Waals surface area (Å²) in [7, 11) is -3.99. The predicted octanol–water partition coefficient (Wildman–Crippen LogP) is 5.14. The van der Waals surface area contributed by atoms with E-state index in [-0.39, 0.29) is 4.90 Å². The molecule has 1 N–H and O–H groups in total. The van der Waals surface area contributed by atoms with Gasteiger partial charge in [0.05, 0.1) is 10.6 Å². The first kappa shape index (κ1) is 21.2. The molecule has 150 valence electrons. The lowest BCUT2D eigenvalue weighted by Crippen LogP contribution is -2.38. The van der Waals surface area contributed by atoms with Crippen LogP contribution in [0.1, 0.15) is 5.56 Å². The molecular formula is C21H18Cl2N2O3S. The zero-order chi connectivity index (χ0) is 21.0. The Bertz CT molecular complexity index is 1120. The van der Waals surface area contributed by atoms with E-state index in [0.29, 0.717) is 27.0 Å². The highest BCUT2D eigenvalue weighted by molar-refractivity contribution is 7.92. The quantitative estimate of drug-likeness (QED) is 0.567. The van der Waals surface area contributed by atoms with Gasteiger partial charge in [-0.1, -0.05) is 47.5 Å². The third-order valence-corrected chi connectivity index (χ3v) is 6.69. The Hall–Kier alpha value is -2.54. The Kier molecular flexibility index (Phi) is 6.47. The summed E-state index contributed by atoms with van der Waals surface area (Å²) in [4.78, 5) is 12.8. The molecule has 3 aromatic carbocycles. The molecule has 0 heterocycles. The molecule has 0 spiro atoms. The molecular weight excluding hydrogens is 431 g/mol. The van der Waals surface area contributed by atoms with E-state index in [1.165, 1.54) is 12.1 Å². The van der Waals surface area contributed by atoms with Crippen molar-refractivity contribution < 1.29 is 13.2 Å². The number of benzene rings is 3. The van der Waals surface area contributed by atoms with Crippen LogP contribution in [0.25, 0.3) is 0 Å². The molecule has 0 aliphatic rings. The summed E-state index contributed by atoms with van der Waals surface area (Å²) in [6.45, 7) is 1.29. The molecule has 5 nitrogen and oxygen atoms in total. The highest BCUT2D eigenvalue weighted by atomic mass is 35.5. The Morgan fingerprint density at radius 1 is 0.931 bits per heavy atom. The second-order valence-corrected chi connectivity index (χ2v) is 8.97. The average Bonchev–Trinajstić information content (AvgIpc) is 2.71. The second kappa shape index (κ2) is 8.86. The van der Waals surface area contributed by atoms with E-state index in [2.05, 4.69) is 5.32 Å². The largest absolute Gasteiger partial charge is 0.325 e. The van der Waals surface area contributed by atoms with Gasteiger partial charge in [-0.2, -0.15) is 0 Å². The Morgan fingerprint density at radius 2 is 1.59 bits per heavy atom. The fraction of sp³-hybridized carbons (Fsp3) is 0.0952. The number of nitrogens with one attached hydrogen (secondary N) is 1. The molecule has 29 heavy (non-hydrogen) atoms. The fourth-order valence-electron chi connectivity index (χ4n) is 2.75. The van der Waals surface area contributed by atoms with E-state index in [0.717, 1.165) is 4.31 Å². The van der Waals surface area contributed by atoms with E-state index in [9.17, 15) is 13.2 Å². The van der Waals surface area contributed by atoms with Gasteiger partial charge in [-0.15, -0.1) is 0 Å². The third-order valence-electron chi connectivity index (χ3n) is 4.25. The van der Waals surface area contributed by atoms with E-state index < -0.39 is 22.5 Å². The molecule has 0 atom stereocenters. The summed E-state index contributed by atoms with van der Waals surface area (Å²) in [6.07, 6.45) is 0. The average molecular weight is 449 g/mol. The van der Waals surface area contributed by atoms with Crippen LogP contribution in [-0.2, 0) is 14.8 Å². The maximum absolute atomic E-state index is 13.3. The third kappa shape index (κ3) is 4.90. The van der Waals surface area contributed by atoms with Gasteiger partial charge in [-0.05, 0) is 61.0 Å². The Balaban J connectivity index is 1.98. The lowest BCUT2D eigenvalue weighted by atomic mass is 10.2. The van der Waals surface area contributed by atoms with Crippen LogP contribution in [0.4, 0.5) is 11.4 Å². The molecule has 0 unspecified atom stereocenters. The summed E-state index contributed by atoms with van der Waals surface area (Å²) in [5.41, 5.74) is 1.42. The first-order valence-corrected chi connectivity index (χ1v) is 10.9. The van der Waals surface area contributed by atoms with Crippen molar-refractivity contribution in [2.24, 2.45) is 0 Å². The number of hydrogen-bond donors (Lipinski definition) is 1. The van der Waals surface area contributed by atoms with Crippen LogP contribution in [0, 0.1) is 6.92 Å². The van der Waals surface area contributed by atoms with Gasteiger partial charge in [-0.3, -0.25) is 9.10 Å². The van der Waals surface area contributed by atoms with Gasteiger partial charge in [0.15, 0.2) is 0 Å². The van der Waals surface area contributed by atoms with Crippen molar-refractivity contribution in [2.45, 2.75) is 11.8 Å². The van der Waals surface area contributed by atoms with Crippen LogP contribution in [0.5, 0.6) is 0 Å². The number of carbonyl (C=O) groups excluding carboxylic acids is 1. The molecule has 3 aromatic rings. The molecule has 0 saturated carbocycles. The summed E-state index contributed by atoms with van der Waals surface area (Å²) in [5, 5.41) is 3.63. The van der Waals surface area contributed by atoms with Crippen LogP contribution in [0.2, 0.25) is 10.0 Å². The minimum atomic E-state index is -3.99. The van der Waals surface area contributed by atoms with Crippen molar-refractivity contribution in [2.75, 3.05) is 16.2 Å². The summed E-state index contributed by atoms with van der Waals surface area (Å²) < 4.78 is 27.7. The van der Waals surface area contributed by atoms with Gasteiger partial charge in [0.2, 0.25) is 5.91 Å².